The standard InChI is InChI=1S/C11H15F6NO5S/c12-10(13,14)9(11(15,16)17,6-24(20,21)22)23-8(19)18-7-4-2-1-3-5-7/h7H,1-6H2,(H,18,19)(H,20,21,22). The zero-order valence-electron chi connectivity index (χ0n) is 12.1. The molecule has 1 fully saturated rings. The van der Waals surface area contributed by atoms with Crippen molar-refractivity contribution < 1.29 is 48.8 Å². The highest BCUT2D eigenvalue weighted by Gasteiger charge is 2.76. The van der Waals surface area contributed by atoms with E-state index in [0.717, 1.165) is 6.42 Å². The van der Waals surface area contributed by atoms with Crippen molar-refractivity contribution in [1.29, 1.82) is 0 Å². The lowest BCUT2D eigenvalue weighted by atomic mass is 9.96. The van der Waals surface area contributed by atoms with Gasteiger partial charge in [-0.2, -0.15) is 34.8 Å². The van der Waals surface area contributed by atoms with E-state index in [1.165, 1.54) is 0 Å². The lowest BCUT2D eigenvalue weighted by Gasteiger charge is -2.36. The van der Waals surface area contributed by atoms with Crippen molar-refractivity contribution in [3.05, 3.63) is 0 Å². The molecule has 0 aromatic carbocycles. The van der Waals surface area contributed by atoms with Crippen LogP contribution in [0.25, 0.3) is 0 Å². The van der Waals surface area contributed by atoms with Gasteiger partial charge in [-0.3, -0.25) is 4.55 Å². The number of carbonyl (C=O) groups is 1. The molecule has 0 radical (unpaired) electrons. The first-order valence-electron chi connectivity index (χ1n) is 6.76. The summed E-state index contributed by atoms with van der Waals surface area (Å²) in [6.07, 6.45) is -11.9. The molecule has 6 nitrogen and oxygen atoms in total. The molecule has 1 amide bonds. The lowest BCUT2D eigenvalue weighted by Crippen LogP contribution is -2.64. The molecule has 13 heteroatoms. The van der Waals surface area contributed by atoms with Crippen LogP contribution in [-0.2, 0) is 14.9 Å². The molecule has 1 rings (SSSR count). The number of nitrogens with one attached hydrogen (secondary N) is 1. The van der Waals surface area contributed by atoms with Crippen molar-refractivity contribution in [3.63, 3.8) is 0 Å². The van der Waals surface area contributed by atoms with E-state index >= 15 is 0 Å². The van der Waals surface area contributed by atoms with Gasteiger partial charge in [-0.25, -0.2) is 4.79 Å². The summed E-state index contributed by atoms with van der Waals surface area (Å²) in [6, 6.07) is -0.670. The van der Waals surface area contributed by atoms with Crippen LogP contribution in [-0.4, -0.2) is 48.8 Å². The van der Waals surface area contributed by atoms with Crippen molar-refractivity contribution in [1.82, 2.24) is 5.32 Å². The SMILES string of the molecule is O=C(NC1CCCCC1)OC(CS(=O)(=O)O)(C(F)(F)F)C(F)(F)F. The number of rotatable bonds is 4. The van der Waals surface area contributed by atoms with Gasteiger partial charge in [0.1, 0.15) is 5.75 Å². The minimum atomic E-state index is -6.31. The van der Waals surface area contributed by atoms with Crippen LogP contribution in [0.1, 0.15) is 32.1 Å². The second-order valence-electron chi connectivity index (χ2n) is 5.42. The highest BCUT2D eigenvalue weighted by molar-refractivity contribution is 7.85. The minimum Gasteiger partial charge on any atom is -0.422 e. The van der Waals surface area contributed by atoms with Crippen molar-refractivity contribution in [2.45, 2.75) is 56.1 Å². The summed E-state index contributed by atoms with van der Waals surface area (Å²) < 4.78 is 111. The fourth-order valence-electron chi connectivity index (χ4n) is 2.33. The predicted molar refractivity (Wildman–Crippen MR) is 67.7 cm³/mol. The molecular weight excluding hydrogens is 372 g/mol. The molecule has 1 aliphatic rings. The van der Waals surface area contributed by atoms with Gasteiger partial charge in [0.15, 0.2) is 0 Å². The third kappa shape index (κ3) is 5.13. The van der Waals surface area contributed by atoms with E-state index in [9.17, 15) is 39.6 Å². The normalized spacial score (nSPS) is 18.3. The molecule has 1 saturated carbocycles. The first-order valence-corrected chi connectivity index (χ1v) is 8.37. The van der Waals surface area contributed by atoms with Crippen LogP contribution in [0.4, 0.5) is 31.1 Å². The van der Waals surface area contributed by atoms with Gasteiger partial charge in [0, 0.05) is 6.04 Å². The van der Waals surface area contributed by atoms with Crippen molar-refractivity contribution in [3.8, 4) is 0 Å². The Morgan fingerprint density at radius 2 is 1.50 bits per heavy atom. The molecule has 0 aromatic heterocycles. The molecule has 0 heterocycles. The number of carbonyl (C=O) groups excluding carboxylic acids is 1. The Morgan fingerprint density at radius 1 is 1.04 bits per heavy atom. The van der Waals surface area contributed by atoms with Gasteiger partial charge in [0.05, 0.1) is 0 Å². The smallest absolute Gasteiger partial charge is 0.422 e. The highest BCUT2D eigenvalue weighted by Crippen LogP contribution is 2.46. The molecule has 0 bridgehead atoms. The van der Waals surface area contributed by atoms with Gasteiger partial charge in [-0.05, 0) is 12.8 Å². The fourth-order valence-corrected chi connectivity index (χ4v) is 3.23. The highest BCUT2D eigenvalue weighted by atomic mass is 32.2. The third-order valence-electron chi connectivity index (χ3n) is 3.50. The molecule has 142 valence electrons. The molecule has 0 atom stereocenters. The monoisotopic (exact) mass is 387 g/mol. The van der Waals surface area contributed by atoms with Gasteiger partial charge in [0.25, 0.3) is 10.1 Å². The predicted octanol–water partition coefficient (Wildman–Crippen LogP) is 2.80. The maximum atomic E-state index is 12.9. The summed E-state index contributed by atoms with van der Waals surface area (Å²) in [5, 5.41) is 1.87. The number of alkyl carbamates (subject to hydrolysis) is 1. The van der Waals surface area contributed by atoms with Crippen LogP contribution in [0.3, 0.4) is 0 Å². The van der Waals surface area contributed by atoms with E-state index in [0.29, 0.717) is 25.7 Å². The summed E-state index contributed by atoms with van der Waals surface area (Å²) >= 11 is 0. The van der Waals surface area contributed by atoms with E-state index in [-0.39, 0.29) is 0 Å². The summed E-state index contributed by atoms with van der Waals surface area (Å²) in [5.74, 6) is -2.88. The Bertz CT molecular complexity index is 538. The van der Waals surface area contributed by atoms with Crippen LogP contribution < -0.4 is 5.32 Å². The summed E-state index contributed by atoms with van der Waals surface area (Å²) in [7, 11) is -5.77. The topological polar surface area (TPSA) is 92.7 Å². The zero-order valence-corrected chi connectivity index (χ0v) is 12.9. The third-order valence-corrected chi connectivity index (χ3v) is 4.27. The first kappa shape index (κ1) is 20.8. The number of alkyl halides is 6. The number of amides is 1. The zero-order chi connectivity index (χ0) is 18.8. The van der Waals surface area contributed by atoms with Crippen molar-refractivity contribution in [2.24, 2.45) is 0 Å². The van der Waals surface area contributed by atoms with Crippen LogP contribution in [0.5, 0.6) is 0 Å². The van der Waals surface area contributed by atoms with Crippen LogP contribution in [0, 0.1) is 0 Å². The average Bonchev–Trinajstić information content (AvgIpc) is 2.34. The second-order valence-corrected chi connectivity index (χ2v) is 6.87. The Balaban J connectivity index is 3.09. The Labute approximate surface area is 133 Å². The largest absolute Gasteiger partial charge is 0.438 e. The van der Waals surface area contributed by atoms with E-state index in [4.69, 9.17) is 4.55 Å². The minimum absolute atomic E-state index is 0.346. The molecule has 1 aliphatic carbocycles. The molecular formula is C11H15F6NO5S. The van der Waals surface area contributed by atoms with E-state index in [2.05, 4.69) is 4.74 Å². The maximum absolute atomic E-state index is 12.9. The second kappa shape index (κ2) is 6.94. The molecule has 0 spiro atoms. The molecule has 0 saturated heterocycles. The van der Waals surface area contributed by atoms with Crippen LogP contribution in [0.2, 0.25) is 0 Å². The van der Waals surface area contributed by atoms with Crippen molar-refractivity contribution in [2.75, 3.05) is 5.75 Å². The number of ether oxygens (including phenoxy) is 1. The lowest BCUT2D eigenvalue weighted by molar-refractivity contribution is -0.356. The average molecular weight is 387 g/mol. The number of hydrogen-bond donors (Lipinski definition) is 2. The van der Waals surface area contributed by atoms with Gasteiger partial charge in [0.2, 0.25) is 0 Å². The van der Waals surface area contributed by atoms with E-state index in [1.807, 2.05) is 5.32 Å². The maximum Gasteiger partial charge on any atom is 0.438 e. The Hall–Kier alpha value is -1.24. The van der Waals surface area contributed by atoms with E-state index in [1.54, 1.807) is 0 Å². The molecule has 24 heavy (non-hydrogen) atoms. The molecule has 0 unspecified atom stereocenters. The van der Waals surface area contributed by atoms with Crippen LogP contribution in [0.15, 0.2) is 0 Å². The van der Waals surface area contributed by atoms with Crippen molar-refractivity contribution >= 4 is 16.2 Å². The van der Waals surface area contributed by atoms with E-state index < -0.39 is 46.0 Å². The fraction of sp³-hybridized carbons (Fsp3) is 0.909. The van der Waals surface area contributed by atoms with Gasteiger partial charge in [-0.1, -0.05) is 19.3 Å². The van der Waals surface area contributed by atoms with Crippen LogP contribution >= 0.6 is 0 Å². The van der Waals surface area contributed by atoms with Gasteiger partial charge in [-0.15, -0.1) is 0 Å². The van der Waals surface area contributed by atoms with Gasteiger partial charge >= 0.3 is 24.0 Å². The Kier molecular flexibility index (Phi) is 6.02. The van der Waals surface area contributed by atoms with Gasteiger partial charge < -0.3 is 10.1 Å². The number of hydrogen-bond acceptors (Lipinski definition) is 4. The molecule has 2 N–H and O–H groups in total. The first-order chi connectivity index (χ1) is 10.7. The molecule has 0 aromatic rings. The number of halogens is 6. The summed E-state index contributed by atoms with van der Waals surface area (Å²) in [6.45, 7) is 0. The summed E-state index contributed by atoms with van der Waals surface area (Å²) in [5.41, 5.74) is -5.37. The summed E-state index contributed by atoms with van der Waals surface area (Å²) in [4.78, 5) is 11.5. The quantitative estimate of drug-likeness (QED) is 0.572. The molecule has 0 aliphatic heterocycles. The Morgan fingerprint density at radius 3 is 1.88 bits per heavy atom.